The maximum absolute atomic E-state index is 6.12. The van der Waals surface area contributed by atoms with Gasteiger partial charge in [-0.3, -0.25) is 0 Å². The van der Waals surface area contributed by atoms with E-state index >= 15 is 0 Å². The van der Waals surface area contributed by atoms with E-state index in [0.717, 1.165) is 5.69 Å². The van der Waals surface area contributed by atoms with Crippen LogP contribution in [0, 0.1) is 0 Å². The minimum Gasteiger partial charge on any atom is -0.383 e. The van der Waals surface area contributed by atoms with Gasteiger partial charge in [-0.1, -0.05) is 23.4 Å². The lowest BCUT2D eigenvalue weighted by molar-refractivity contribution is 0.126. The quantitative estimate of drug-likeness (QED) is 0.771. The summed E-state index contributed by atoms with van der Waals surface area (Å²) >= 11 is 0. The molecule has 108 valence electrons. The summed E-state index contributed by atoms with van der Waals surface area (Å²) in [7, 11) is 0. The van der Waals surface area contributed by atoms with Crippen molar-refractivity contribution >= 4 is 5.82 Å². The summed E-state index contributed by atoms with van der Waals surface area (Å²) in [5, 5.41) is 8.12. The Morgan fingerprint density at radius 3 is 2.86 bits per heavy atom. The van der Waals surface area contributed by atoms with E-state index in [4.69, 9.17) is 15.0 Å². The summed E-state index contributed by atoms with van der Waals surface area (Å²) in [4.78, 5) is 4.25. The van der Waals surface area contributed by atoms with Gasteiger partial charge in [0.1, 0.15) is 18.0 Å². The molecule has 0 radical (unpaired) electrons. The Morgan fingerprint density at radius 2 is 2.10 bits per heavy atom. The zero-order valence-electron chi connectivity index (χ0n) is 11.6. The third-order valence-electron chi connectivity index (χ3n) is 2.94. The topological polar surface area (TPSA) is 92.0 Å². The second kappa shape index (κ2) is 5.76. The number of nitrogens with zero attached hydrogens (tertiary/aromatic N) is 4. The Bertz CT molecular complexity index is 720. The third-order valence-corrected chi connectivity index (χ3v) is 2.94. The predicted molar refractivity (Wildman–Crippen MR) is 76.6 cm³/mol. The normalized spacial score (nSPS) is 10.9. The molecule has 2 N–H and O–H groups in total. The molecule has 0 aliphatic rings. The highest BCUT2D eigenvalue weighted by Gasteiger charge is 2.16. The molecule has 0 bridgehead atoms. The average Bonchev–Trinajstić information content (AvgIpc) is 3.12. The van der Waals surface area contributed by atoms with Crippen LogP contribution in [0.3, 0.4) is 0 Å². The van der Waals surface area contributed by atoms with Crippen molar-refractivity contribution in [3.05, 3.63) is 42.4 Å². The van der Waals surface area contributed by atoms with E-state index < -0.39 is 0 Å². The monoisotopic (exact) mass is 285 g/mol. The minimum atomic E-state index is 0.312. The minimum absolute atomic E-state index is 0.312. The molecule has 0 saturated carbocycles. The first kappa shape index (κ1) is 13.3. The van der Waals surface area contributed by atoms with Crippen LogP contribution in [-0.2, 0) is 11.3 Å². The largest absolute Gasteiger partial charge is 0.383 e. The first-order chi connectivity index (χ1) is 10.3. The highest BCUT2D eigenvalue weighted by Crippen LogP contribution is 2.26. The molecule has 3 rings (SSSR count). The number of rotatable bonds is 5. The summed E-state index contributed by atoms with van der Waals surface area (Å²) in [6, 6.07) is 9.61. The van der Waals surface area contributed by atoms with E-state index in [-0.39, 0.29) is 0 Å². The lowest BCUT2D eigenvalue weighted by Gasteiger charge is -2.03. The molecule has 2 heterocycles. The van der Waals surface area contributed by atoms with Crippen LogP contribution in [0.25, 0.3) is 17.1 Å². The fraction of sp³-hybridized carbons (Fsp3) is 0.214. The van der Waals surface area contributed by atoms with Gasteiger partial charge in [0.15, 0.2) is 5.82 Å². The number of benzene rings is 1. The number of aromatic nitrogens is 4. The van der Waals surface area contributed by atoms with Crippen molar-refractivity contribution < 1.29 is 9.26 Å². The lowest BCUT2D eigenvalue weighted by Crippen LogP contribution is -2.01. The van der Waals surface area contributed by atoms with Crippen molar-refractivity contribution in [3.63, 3.8) is 0 Å². The lowest BCUT2D eigenvalue weighted by atomic mass is 10.3. The second-order valence-electron chi connectivity index (χ2n) is 4.34. The van der Waals surface area contributed by atoms with E-state index in [1.54, 1.807) is 10.9 Å². The maximum atomic E-state index is 6.12. The Hall–Kier alpha value is -2.67. The molecule has 0 spiro atoms. The molecule has 0 fully saturated rings. The zero-order valence-corrected chi connectivity index (χ0v) is 11.6. The second-order valence-corrected chi connectivity index (χ2v) is 4.34. The fourth-order valence-corrected chi connectivity index (χ4v) is 1.91. The van der Waals surface area contributed by atoms with Gasteiger partial charge in [0.05, 0.1) is 11.9 Å². The van der Waals surface area contributed by atoms with Gasteiger partial charge in [-0.25, -0.2) is 4.68 Å². The first-order valence-corrected chi connectivity index (χ1v) is 6.59. The molecule has 0 unspecified atom stereocenters. The van der Waals surface area contributed by atoms with Gasteiger partial charge < -0.3 is 15.0 Å². The van der Waals surface area contributed by atoms with Gasteiger partial charge >= 0.3 is 0 Å². The smallest absolute Gasteiger partial charge is 0.263 e. The average molecular weight is 285 g/mol. The van der Waals surface area contributed by atoms with E-state index in [0.29, 0.717) is 36.3 Å². The van der Waals surface area contributed by atoms with Crippen LogP contribution in [-0.4, -0.2) is 26.5 Å². The highest BCUT2D eigenvalue weighted by molar-refractivity contribution is 5.68. The number of anilines is 1. The van der Waals surface area contributed by atoms with Gasteiger partial charge in [-0.05, 0) is 19.1 Å². The van der Waals surface area contributed by atoms with E-state index in [9.17, 15) is 0 Å². The Morgan fingerprint density at radius 1 is 1.29 bits per heavy atom. The van der Waals surface area contributed by atoms with Gasteiger partial charge in [-0.15, -0.1) is 0 Å². The number of ether oxygens (including phenoxy) is 1. The summed E-state index contributed by atoms with van der Waals surface area (Å²) in [6.45, 7) is 2.81. The Balaban J connectivity index is 1.90. The van der Waals surface area contributed by atoms with Crippen LogP contribution in [0.1, 0.15) is 12.7 Å². The van der Waals surface area contributed by atoms with Crippen LogP contribution in [0.4, 0.5) is 5.82 Å². The molecule has 7 nitrogen and oxygen atoms in total. The molecule has 0 saturated heterocycles. The van der Waals surface area contributed by atoms with Crippen molar-refractivity contribution in [2.75, 3.05) is 12.3 Å². The van der Waals surface area contributed by atoms with Crippen molar-refractivity contribution in [1.29, 1.82) is 0 Å². The summed E-state index contributed by atoms with van der Waals surface area (Å²) in [5.41, 5.74) is 7.59. The molecule has 0 aliphatic heterocycles. The molecule has 0 amide bonds. The van der Waals surface area contributed by atoms with Crippen molar-refractivity contribution in [2.24, 2.45) is 0 Å². The predicted octanol–water partition coefficient (Wildman–Crippen LogP) is 2.04. The van der Waals surface area contributed by atoms with Crippen LogP contribution in [0.5, 0.6) is 0 Å². The summed E-state index contributed by atoms with van der Waals surface area (Å²) < 4.78 is 12.1. The summed E-state index contributed by atoms with van der Waals surface area (Å²) in [6.07, 6.45) is 1.61. The van der Waals surface area contributed by atoms with E-state index in [2.05, 4.69) is 15.2 Å². The molecule has 21 heavy (non-hydrogen) atoms. The molecule has 1 aromatic carbocycles. The highest BCUT2D eigenvalue weighted by atomic mass is 16.5. The molecule has 0 atom stereocenters. The molecular weight excluding hydrogens is 270 g/mol. The fourth-order valence-electron chi connectivity index (χ4n) is 1.91. The van der Waals surface area contributed by atoms with Gasteiger partial charge in [0, 0.05) is 6.61 Å². The van der Waals surface area contributed by atoms with Crippen molar-refractivity contribution in [2.45, 2.75) is 13.5 Å². The first-order valence-electron chi connectivity index (χ1n) is 6.59. The van der Waals surface area contributed by atoms with Crippen molar-refractivity contribution in [3.8, 4) is 17.1 Å². The molecule has 2 aromatic heterocycles. The van der Waals surface area contributed by atoms with Crippen LogP contribution < -0.4 is 5.73 Å². The van der Waals surface area contributed by atoms with Gasteiger partial charge in [0.2, 0.25) is 0 Å². The molecule has 3 aromatic rings. The van der Waals surface area contributed by atoms with Gasteiger partial charge in [0.25, 0.3) is 5.89 Å². The number of nitrogens with two attached hydrogens (primary N) is 1. The molecule has 7 heteroatoms. The van der Waals surface area contributed by atoms with Crippen LogP contribution in [0.15, 0.2) is 41.1 Å². The van der Waals surface area contributed by atoms with E-state index in [1.165, 1.54) is 0 Å². The number of hydrogen-bond donors (Lipinski definition) is 1. The SMILES string of the molecule is CCOCc1noc(-c2cnn(-c3ccccc3)c2N)n1. The summed E-state index contributed by atoms with van der Waals surface area (Å²) in [5.74, 6) is 1.27. The van der Waals surface area contributed by atoms with Crippen molar-refractivity contribution in [1.82, 2.24) is 19.9 Å². The van der Waals surface area contributed by atoms with Crippen LogP contribution >= 0.6 is 0 Å². The maximum Gasteiger partial charge on any atom is 0.263 e. The zero-order chi connectivity index (χ0) is 14.7. The molecule has 0 aliphatic carbocycles. The Labute approximate surface area is 121 Å². The number of nitrogen functional groups attached to an aromatic ring is 1. The van der Waals surface area contributed by atoms with Gasteiger partial charge in [-0.2, -0.15) is 10.1 Å². The molecular formula is C14H15N5O2. The number of para-hydroxylation sites is 1. The standard InChI is InChI=1S/C14H15N5O2/c1-2-20-9-12-17-14(21-18-12)11-8-16-19(13(11)15)10-6-4-3-5-7-10/h3-8H,2,9,15H2,1H3. The van der Waals surface area contributed by atoms with Crippen LogP contribution in [0.2, 0.25) is 0 Å². The number of hydrogen-bond acceptors (Lipinski definition) is 6. The third kappa shape index (κ3) is 2.63. The Kier molecular flexibility index (Phi) is 3.65. The van der Waals surface area contributed by atoms with E-state index in [1.807, 2.05) is 37.3 Å².